The molecule has 1 aromatic heterocycles. The van der Waals surface area contributed by atoms with E-state index in [9.17, 15) is 13.2 Å². The van der Waals surface area contributed by atoms with Gasteiger partial charge in [-0.2, -0.15) is 0 Å². The normalized spacial score (nSPS) is 17.6. The van der Waals surface area contributed by atoms with Crippen molar-refractivity contribution in [3.63, 3.8) is 0 Å². The Morgan fingerprint density at radius 2 is 2.05 bits per heavy atom. The molecule has 0 aliphatic carbocycles. The van der Waals surface area contributed by atoms with Gasteiger partial charge in [0.05, 0.1) is 5.92 Å². The largest absolute Gasteiger partial charge is 0.492 e. The highest BCUT2D eigenvalue weighted by atomic mass is 32.2. The lowest BCUT2D eigenvalue weighted by Gasteiger charge is -2.24. The smallest absolute Gasteiger partial charge is 0.273 e. The molecule has 1 atom stereocenters. The van der Waals surface area contributed by atoms with Crippen molar-refractivity contribution < 1.29 is 17.9 Å². The number of hydrogen-bond donors (Lipinski definition) is 1. The molecule has 1 N–H and O–H groups in total. The van der Waals surface area contributed by atoms with Gasteiger partial charge in [0.25, 0.3) is 10.0 Å². The Hall–Kier alpha value is -1.86. The molecule has 0 fully saturated rings. The first-order chi connectivity index (χ1) is 10.1. The van der Waals surface area contributed by atoms with Crippen LogP contribution in [0.3, 0.4) is 0 Å². The third-order valence-electron chi connectivity index (χ3n) is 3.24. The number of carbonyl (C=O) groups excluding carboxylic acids is 1. The van der Waals surface area contributed by atoms with Crippen LogP contribution in [0.25, 0.3) is 0 Å². The second-order valence-electron chi connectivity index (χ2n) is 4.72. The van der Waals surface area contributed by atoms with Gasteiger partial charge < -0.3 is 4.74 Å². The second kappa shape index (κ2) is 5.50. The van der Waals surface area contributed by atoms with Crippen molar-refractivity contribution in [2.75, 3.05) is 6.61 Å². The van der Waals surface area contributed by atoms with Gasteiger partial charge in [0, 0.05) is 0 Å². The molecule has 1 aromatic carbocycles. The van der Waals surface area contributed by atoms with E-state index in [4.69, 9.17) is 4.74 Å². The highest BCUT2D eigenvalue weighted by molar-refractivity contribution is 7.92. The SMILES string of the molecule is O=C(NS(=O)(=O)c1cccs1)C1COc2ccccc2C1. The first-order valence-electron chi connectivity index (χ1n) is 6.37. The highest BCUT2D eigenvalue weighted by Crippen LogP contribution is 2.27. The summed E-state index contributed by atoms with van der Waals surface area (Å²) in [5, 5.41) is 1.65. The molecule has 7 heteroatoms. The zero-order valence-corrected chi connectivity index (χ0v) is 12.6. The lowest BCUT2D eigenvalue weighted by atomic mass is 9.96. The first-order valence-corrected chi connectivity index (χ1v) is 8.73. The van der Waals surface area contributed by atoms with Crippen molar-refractivity contribution in [3.05, 3.63) is 47.3 Å². The van der Waals surface area contributed by atoms with E-state index < -0.39 is 21.8 Å². The number of benzene rings is 1. The molecule has 110 valence electrons. The third kappa shape index (κ3) is 2.93. The molecule has 0 saturated carbocycles. The quantitative estimate of drug-likeness (QED) is 0.935. The Morgan fingerprint density at radius 3 is 2.81 bits per heavy atom. The number of para-hydroxylation sites is 1. The van der Waals surface area contributed by atoms with E-state index in [-0.39, 0.29) is 10.8 Å². The van der Waals surface area contributed by atoms with E-state index in [2.05, 4.69) is 4.72 Å². The number of ether oxygens (including phenoxy) is 1. The molecule has 5 nitrogen and oxygen atoms in total. The van der Waals surface area contributed by atoms with Crippen LogP contribution in [0.2, 0.25) is 0 Å². The van der Waals surface area contributed by atoms with Crippen LogP contribution in [0.15, 0.2) is 46.0 Å². The summed E-state index contributed by atoms with van der Waals surface area (Å²) in [7, 11) is -3.78. The lowest BCUT2D eigenvalue weighted by Crippen LogP contribution is -2.40. The molecular formula is C14H13NO4S2. The van der Waals surface area contributed by atoms with E-state index in [1.54, 1.807) is 11.4 Å². The van der Waals surface area contributed by atoms with Crippen molar-refractivity contribution in [1.82, 2.24) is 4.72 Å². The number of fused-ring (bicyclic) bond motifs is 1. The zero-order valence-electron chi connectivity index (χ0n) is 11.0. The molecule has 1 amide bonds. The standard InChI is InChI=1S/C14H13NO4S2/c16-14(15-21(17,18)13-6-3-7-20-13)11-8-10-4-1-2-5-12(10)19-9-11/h1-7,11H,8-9H2,(H,15,16). The molecule has 3 rings (SSSR count). The summed E-state index contributed by atoms with van der Waals surface area (Å²) in [5.41, 5.74) is 0.914. The van der Waals surface area contributed by atoms with Gasteiger partial charge in [-0.25, -0.2) is 13.1 Å². The molecule has 1 aliphatic heterocycles. The van der Waals surface area contributed by atoms with Crippen molar-refractivity contribution in [2.45, 2.75) is 10.6 Å². The Morgan fingerprint density at radius 1 is 1.24 bits per heavy atom. The van der Waals surface area contributed by atoms with E-state index in [1.165, 1.54) is 6.07 Å². The fourth-order valence-corrected chi connectivity index (χ4v) is 4.22. The van der Waals surface area contributed by atoms with Gasteiger partial charge in [-0.15, -0.1) is 11.3 Å². The molecule has 1 unspecified atom stereocenters. The fraction of sp³-hybridized carbons (Fsp3) is 0.214. The number of hydrogen-bond acceptors (Lipinski definition) is 5. The number of nitrogens with one attached hydrogen (secondary N) is 1. The van der Waals surface area contributed by atoms with Crippen LogP contribution in [0.4, 0.5) is 0 Å². The van der Waals surface area contributed by atoms with Crippen LogP contribution >= 0.6 is 11.3 Å². The van der Waals surface area contributed by atoms with Gasteiger partial charge >= 0.3 is 0 Å². The zero-order chi connectivity index (χ0) is 14.9. The Labute approximate surface area is 126 Å². The average molecular weight is 323 g/mol. The average Bonchev–Trinajstić information content (AvgIpc) is 3.01. The number of sulfonamides is 1. The predicted molar refractivity (Wildman–Crippen MR) is 78.8 cm³/mol. The van der Waals surface area contributed by atoms with E-state index in [0.717, 1.165) is 22.6 Å². The van der Waals surface area contributed by atoms with Gasteiger partial charge in [0.1, 0.15) is 16.6 Å². The minimum absolute atomic E-state index is 0.132. The fourth-order valence-electron chi connectivity index (χ4n) is 2.18. The molecular weight excluding hydrogens is 310 g/mol. The van der Waals surface area contributed by atoms with Crippen LogP contribution in [0, 0.1) is 5.92 Å². The number of thiophene rings is 1. The Bertz CT molecular complexity index is 753. The molecule has 2 aromatic rings. The molecule has 0 radical (unpaired) electrons. The second-order valence-corrected chi connectivity index (χ2v) is 7.58. The summed E-state index contributed by atoms with van der Waals surface area (Å²) in [4.78, 5) is 12.2. The monoisotopic (exact) mass is 323 g/mol. The Kier molecular flexibility index (Phi) is 3.69. The van der Waals surface area contributed by atoms with E-state index >= 15 is 0 Å². The van der Waals surface area contributed by atoms with Gasteiger partial charge in [0.2, 0.25) is 5.91 Å². The minimum Gasteiger partial charge on any atom is -0.492 e. The van der Waals surface area contributed by atoms with Gasteiger partial charge in [-0.1, -0.05) is 24.3 Å². The molecule has 2 heterocycles. The van der Waals surface area contributed by atoms with Crippen LogP contribution in [-0.2, 0) is 21.2 Å². The highest BCUT2D eigenvalue weighted by Gasteiger charge is 2.29. The predicted octanol–water partition coefficient (Wildman–Crippen LogP) is 1.80. The molecule has 0 saturated heterocycles. The molecule has 1 aliphatic rings. The third-order valence-corrected chi connectivity index (χ3v) is 5.99. The van der Waals surface area contributed by atoms with Crippen molar-refractivity contribution in [3.8, 4) is 5.75 Å². The summed E-state index contributed by atoms with van der Waals surface area (Å²) in [6.45, 7) is 0.183. The van der Waals surface area contributed by atoms with Crippen LogP contribution in [-0.4, -0.2) is 20.9 Å². The maximum Gasteiger partial charge on any atom is 0.273 e. The lowest BCUT2D eigenvalue weighted by molar-refractivity contribution is -0.124. The molecule has 0 spiro atoms. The number of rotatable bonds is 3. The van der Waals surface area contributed by atoms with E-state index in [1.807, 2.05) is 24.3 Å². The van der Waals surface area contributed by atoms with Crippen LogP contribution in [0.5, 0.6) is 5.75 Å². The summed E-state index contributed by atoms with van der Waals surface area (Å²) in [6.07, 6.45) is 0.474. The van der Waals surface area contributed by atoms with Crippen molar-refractivity contribution in [1.29, 1.82) is 0 Å². The topological polar surface area (TPSA) is 72.5 Å². The summed E-state index contributed by atoms with van der Waals surface area (Å²) < 4.78 is 31.8. The first kappa shape index (κ1) is 14.1. The van der Waals surface area contributed by atoms with Gasteiger partial charge in [0.15, 0.2) is 0 Å². The van der Waals surface area contributed by atoms with Crippen molar-refractivity contribution in [2.24, 2.45) is 5.92 Å². The number of carbonyl (C=O) groups is 1. The molecule has 0 bridgehead atoms. The van der Waals surface area contributed by atoms with Crippen LogP contribution < -0.4 is 9.46 Å². The van der Waals surface area contributed by atoms with E-state index in [0.29, 0.717) is 6.42 Å². The maximum atomic E-state index is 12.2. The summed E-state index contributed by atoms with van der Waals surface area (Å²) >= 11 is 1.07. The maximum absolute atomic E-state index is 12.2. The molecule has 21 heavy (non-hydrogen) atoms. The summed E-state index contributed by atoms with van der Waals surface area (Å²) in [6, 6.07) is 10.5. The minimum atomic E-state index is -3.78. The van der Waals surface area contributed by atoms with Gasteiger partial charge in [-0.05, 0) is 29.5 Å². The van der Waals surface area contributed by atoms with Crippen LogP contribution in [0.1, 0.15) is 5.56 Å². The van der Waals surface area contributed by atoms with Gasteiger partial charge in [-0.3, -0.25) is 4.79 Å². The summed E-state index contributed by atoms with van der Waals surface area (Å²) in [5.74, 6) is -0.282. The number of amides is 1. The Balaban J connectivity index is 1.73. The van der Waals surface area contributed by atoms with Crippen molar-refractivity contribution >= 4 is 27.3 Å².